The number of aromatic nitrogens is 2. The molecule has 0 aliphatic rings. The van der Waals surface area contributed by atoms with E-state index in [1.165, 1.54) is 10.9 Å². The Hall–Kier alpha value is -4.11. The summed E-state index contributed by atoms with van der Waals surface area (Å²) in [4.78, 5) is 8.76. The number of aryl methyl sites for hydroxylation is 1. The molecule has 7 rings (SSSR count). The van der Waals surface area contributed by atoms with E-state index in [0.29, 0.717) is 0 Å². The van der Waals surface area contributed by atoms with E-state index in [2.05, 4.69) is 58.5 Å². The number of furan rings is 1. The van der Waals surface area contributed by atoms with Crippen LogP contribution in [0.4, 0.5) is 0 Å². The third-order valence-corrected chi connectivity index (χ3v) is 6.14. The minimum atomic E-state index is 0. The SMILES string of the molecule is Cc1ccc(-c2[c-]cccc2)nc1.[Ir].[c-]1ccc2c(oc3c4ccccc4ccc23)c1-c1ccccn1. The first-order chi connectivity index (χ1) is 17.8. The predicted octanol–water partition coefficient (Wildman–Crippen LogP) is 8.46. The third-order valence-electron chi connectivity index (χ3n) is 6.14. The van der Waals surface area contributed by atoms with E-state index in [9.17, 15) is 0 Å². The Balaban J connectivity index is 0.000000172. The summed E-state index contributed by atoms with van der Waals surface area (Å²) in [6.07, 6.45) is 3.66. The Bertz CT molecular complexity index is 1780. The minimum absolute atomic E-state index is 0. The summed E-state index contributed by atoms with van der Waals surface area (Å²) in [6, 6.07) is 40.8. The number of fused-ring (bicyclic) bond motifs is 5. The second kappa shape index (κ2) is 10.9. The molecule has 0 saturated carbocycles. The van der Waals surface area contributed by atoms with Crippen molar-refractivity contribution < 1.29 is 24.5 Å². The zero-order valence-electron chi connectivity index (χ0n) is 20.1. The van der Waals surface area contributed by atoms with Crippen LogP contribution in [0.25, 0.3) is 55.2 Å². The summed E-state index contributed by atoms with van der Waals surface area (Å²) in [7, 11) is 0. The maximum Gasteiger partial charge on any atom is 0.128 e. The molecule has 0 spiro atoms. The zero-order chi connectivity index (χ0) is 24.3. The average Bonchev–Trinajstić information content (AvgIpc) is 3.34. The number of hydrogen-bond donors (Lipinski definition) is 0. The molecule has 0 N–H and O–H groups in total. The number of benzene rings is 4. The molecule has 0 aliphatic carbocycles. The summed E-state index contributed by atoms with van der Waals surface area (Å²) in [5, 5.41) is 4.55. The summed E-state index contributed by atoms with van der Waals surface area (Å²) in [6.45, 7) is 2.03. The van der Waals surface area contributed by atoms with Crippen LogP contribution in [0.1, 0.15) is 5.56 Å². The fraction of sp³-hybridized carbons (Fsp3) is 0.0303. The molecule has 4 aromatic carbocycles. The Kier molecular flexibility index (Phi) is 7.23. The Morgan fingerprint density at radius 3 is 2.24 bits per heavy atom. The first-order valence-corrected chi connectivity index (χ1v) is 11.8. The van der Waals surface area contributed by atoms with Crippen molar-refractivity contribution in [2.75, 3.05) is 0 Å². The molecule has 0 atom stereocenters. The van der Waals surface area contributed by atoms with E-state index in [1.54, 1.807) is 6.20 Å². The minimum Gasteiger partial charge on any atom is -0.500 e. The zero-order valence-corrected chi connectivity index (χ0v) is 22.5. The van der Waals surface area contributed by atoms with E-state index < -0.39 is 0 Å². The first kappa shape index (κ1) is 24.6. The molecule has 0 aliphatic heterocycles. The van der Waals surface area contributed by atoms with Crippen LogP contribution < -0.4 is 0 Å². The van der Waals surface area contributed by atoms with E-state index in [0.717, 1.165) is 49.8 Å². The van der Waals surface area contributed by atoms with Gasteiger partial charge in [0, 0.05) is 43.3 Å². The van der Waals surface area contributed by atoms with E-state index in [-0.39, 0.29) is 20.1 Å². The second-order valence-corrected chi connectivity index (χ2v) is 8.57. The monoisotopic (exact) mass is 655 g/mol. The molecule has 0 fully saturated rings. The van der Waals surface area contributed by atoms with E-state index in [4.69, 9.17) is 4.42 Å². The van der Waals surface area contributed by atoms with Crippen molar-refractivity contribution in [1.82, 2.24) is 9.97 Å². The molecule has 0 amide bonds. The van der Waals surface area contributed by atoms with Gasteiger partial charge in [0.1, 0.15) is 5.58 Å². The number of rotatable bonds is 2. The molecule has 7 aromatic rings. The largest absolute Gasteiger partial charge is 0.500 e. The predicted molar refractivity (Wildman–Crippen MR) is 147 cm³/mol. The molecule has 37 heavy (non-hydrogen) atoms. The Morgan fingerprint density at radius 2 is 1.46 bits per heavy atom. The fourth-order valence-electron chi connectivity index (χ4n) is 4.35. The van der Waals surface area contributed by atoms with E-state index >= 15 is 0 Å². The first-order valence-electron chi connectivity index (χ1n) is 11.8. The normalized spacial score (nSPS) is 10.6. The topological polar surface area (TPSA) is 38.9 Å². The van der Waals surface area contributed by atoms with Gasteiger partial charge in [0.2, 0.25) is 0 Å². The molecule has 4 heteroatoms. The van der Waals surface area contributed by atoms with Crippen molar-refractivity contribution >= 4 is 32.7 Å². The second-order valence-electron chi connectivity index (χ2n) is 8.57. The van der Waals surface area contributed by atoms with Crippen LogP contribution in [0.5, 0.6) is 0 Å². The number of pyridine rings is 2. The van der Waals surface area contributed by atoms with Crippen molar-refractivity contribution in [2.24, 2.45) is 0 Å². The smallest absolute Gasteiger partial charge is 0.128 e. The quantitative estimate of drug-likeness (QED) is 0.176. The van der Waals surface area contributed by atoms with Gasteiger partial charge >= 0.3 is 0 Å². The van der Waals surface area contributed by atoms with Gasteiger partial charge < -0.3 is 14.4 Å². The van der Waals surface area contributed by atoms with Gasteiger partial charge in [-0.2, -0.15) is 0 Å². The maximum atomic E-state index is 6.28. The Morgan fingerprint density at radius 1 is 0.622 bits per heavy atom. The van der Waals surface area contributed by atoms with Gasteiger partial charge in [0.25, 0.3) is 0 Å². The van der Waals surface area contributed by atoms with Crippen LogP contribution in [0.3, 0.4) is 0 Å². The van der Waals surface area contributed by atoms with Gasteiger partial charge in [0.15, 0.2) is 0 Å². The standard InChI is InChI=1S/C21H12NO.C12H10N.Ir/c1-2-7-15-14(6-1)11-12-17-16-8-5-9-18(21(16)23-20(15)17)19-10-3-4-13-22-19;1-10-7-8-12(13-9-10)11-5-3-2-4-6-11;/h1-8,10-13H;2-5,7-9H,1H3;/q2*-1;. The molecule has 3 nitrogen and oxygen atoms in total. The van der Waals surface area contributed by atoms with Crippen molar-refractivity contribution in [1.29, 1.82) is 0 Å². The van der Waals surface area contributed by atoms with Crippen molar-refractivity contribution in [3.8, 4) is 22.5 Å². The summed E-state index contributed by atoms with van der Waals surface area (Å²) < 4.78 is 6.28. The summed E-state index contributed by atoms with van der Waals surface area (Å²) >= 11 is 0. The summed E-state index contributed by atoms with van der Waals surface area (Å²) in [5.41, 5.74) is 6.76. The van der Waals surface area contributed by atoms with Gasteiger partial charge in [-0.25, -0.2) is 0 Å². The average molecular weight is 655 g/mol. The van der Waals surface area contributed by atoms with Crippen molar-refractivity contribution in [3.63, 3.8) is 0 Å². The van der Waals surface area contributed by atoms with Crippen LogP contribution in [-0.2, 0) is 20.1 Å². The fourth-order valence-corrected chi connectivity index (χ4v) is 4.35. The van der Waals surface area contributed by atoms with Crippen LogP contribution in [0, 0.1) is 19.1 Å². The van der Waals surface area contributed by atoms with Gasteiger partial charge in [-0.15, -0.1) is 54.1 Å². The van der Waals surface area contributed by atoms with Gasteiger partial charge in [-0.3, -0.25) is 0 Å². The molecular formula is C33H22IrN2O-2. The Labute approximate surface area is 229 Å². The molecular weight excluding hydrogens is 633 g/mol. The molecule has 0 saturated heterocycles. The van der Waals surface area contributed by atoms with Crippen LogP contribution >= 0.6 is 0 Å². The number of nitrogens with zero attached hydrogens (tertiary/aromatic N) is 2. The molecule has 0 bridgehead atoms. The van der Waals surface area contributed by atoms with Crippen LogP contribution in [0.15, 0.2) is 120 Å². The molecule has 1 radical (unpaired) electrons. The summed E-state index contributed by atoms with van der Waals surface area (Å²) in [5.74, 6) is 0. The molecule has 3 heterocycles. The molecule has 3 aromatic heterocycles. The van der Waals surface area contributed by atoms with Gasteiger partial charge in [-0.05, 0) is 35.3 Å². The van der Waals surface area contributed by atoms with Gasteiger partial charge in [0.05, 0.1) is 5.58 Å². The molecule has 0 unspecified atom stereocenters. The van der Waals surface area contributed by atoms with Crippen molar-refractivity contribution in [3.05, 3.63) is 133 Å². The van der Waals surface area contributed by atoms with Gasteiger partial charge in [-0.1, -0.05) is 71.6 Å². The van der Waals surface area contributed by atoms with Crippen LogP contribution in [0.2, 0.25) is 0 Å². The van der Waals surface area contributed by atoms with Crippen LogP contribution in [-0.4, -0.2) is 9.97 Å². The maximum absolute atomic E-state index is 6.28. The third kappa shape index (κ3) is 4.95. The van der Waals surface area contributed by atoms with E-state index in [1.807, 2.05) is 79.9 Å². The number of hydrogen-bond acceptors (Lipinski definition) is 3. The molecule has 181 valence electrons. The van der Waals surface area contributed by atoms with Crippen molar-refractivity contribution in [2.45, 2.75) is 6.92 Å².